The summed E-state index contributed by atoms with van der Waals surface area (Å²) in [5.74, 6) is 0.453. The van der Waals surface area contributed by atoms with Gasteiger partial charge in [-0.2, -0.15) is 0 Å². The number of rotatable bonds is 6. The molecule has 8 heteroatoms. The first-order valence-corrected chi connectivity index (χ1v) is 9.10. The third-order valence-corrected chi connectivity index (χ3v) is 5.37. The van der Waals surface area contributed by atoms with E-state index in [1.54, 1.807) is 6.20 Å². The lowest BCUT2D eigenvalue weighted by atomic mass is 9.98. The van der Waals surface area contributed by atoms with Gasteiger partial charge < -0.3 is 10.6 Å². The van der Waals surface area contributed by atoms with Crippen molar-refractivity contribution in [3.63, 3.8) is 0 Å². The fourth-order valence-corrected chi connectivity index (χ4v) is 3.93. The van der Waals surface area contributed by atoms with Crippen LogP contribution in [-0.4, -0.2) is 64.9 Å². The van der Waals surface area contributed by atoms with E-state index in [-0.39, 0.29) is 30.9 Å². The predicted octanol–water partition coefficient (Wildman–Crippen LogP) is -0.0400. The van der Waals surface area contributed by atoms with Crippen LogP contribution < -0.4 is 10.6 Å². The molecule has 3 aliphatic rings. The second-order valence-electron chi connectivity index (χ2n) is 7.33. The molecule has 2 aliphatic heterocycles. The van der Waals surface area contributed by atoms with Crippen molar-refractivity contribution in [2.45, 2.75) is 25.4 Å². The monoisotopic (exact) mass is 357 g/mol. The molecule has 0 spiro atoms. The third kappa shape index (κ3) is 3.70. The van der Waals surface area contributed by atoms with Gasteiger partial charge in [0.1, 0.15) is 6.54 Å². The summed E-state index contributed by atoms with van der Waals surface area (Å²) in [7, 11) is 0. The summed E-state index contributed by atoms with van der Waals surface area (Å²) in [6.07, 6.45) is 4.21. The summed E-state index contributed by atoms with van der Waals surface area (Å²) in [6.45, 7) is 2.24. The summed E-state index contributed by atoms with van der Waals surface area (Å²) in [5.41, 5.74) is 1.02. The Labute approximate surface area is 151 Å². The maximum absolute atomic E-state index is 12.4. The lowest BCUT2D eigenvalue weighted by Crippen LogP contribution is -2.47. The molecule has 1 aliphatic carbocycles. The fraction of sp³-hybridized carbons (Fsp3) is 0.556. The molecule has 0 bridgehead atoms. The standard InChI is InChI=1S/C18H23N5O3/c24-16(11-23-17(25)7-20-18(23)26)21-15-10-22(9-14(15)12-4-5-12)8-13-3-1-2-6-19-13/h1-3,6,12,14-15H,4-5,7-11H2,(H,20,26)(H,21,24)/t14-,15+/m1/s1. The van der Waals surface area contributed by atoms with E-state index >= 15 is 0 Å². The fourth-order valence-electron chi connectivity index (χ4n) is 3.93. The number of likely N-dealkylation sites (tertiary alicyclic amines) is 1. The second kappa shape index (κ2) is 7.03. The molecule has 4 rings (SSSR count). The first-order chi connectivity index (χ1) is 12.6. The molecule has 0 radical (unpaired) electrons. The van der Waals surface area contributed by atoms with Crippen molar-refractivity contribution in [2.24, 2.45) is 11.8 Å². The first-order valence-electron chi connectivity index (χ1n) is 9.10. The van der Waals surface area contributed by atoms with Gasteiger partial charge in [0.05, 0.1) is 12.2 Å². The number of carbonyl (C=O) groups is 3. The maximum atomic E-state index is 12.4. The van der Waals surface area contributed by atoms with Crippen LogP contribution >= 0.6 is 0 Å². The average Bonchev–Trinajstić information content (AvgIpc) is 3.34. The Bertz CT molecular complexity index is 690. The van der Waals surface area contributed by atoms with Gasteiger partial charge in [0.25, 0.3) is 5.91 Å². The molecule has 2 atom stereocenters. The molecule has 0 unspecified atom stereocenters. The number of imide groups is 1. The Balaban J connectivity index is 1.36. The van der Waals surface area contributed by atoms with Gasteiger partial charge in [-0.05, 0) is 36.8 Å². The highest BCUT2D eigenvalue weighted by atomic mass is 16.2. The Morgan fingerprint density at radius 2 is 2.12 bits per heavy atom. The predicted molar refractivity (Wildman–Crippen MR) is 92.8 cm³/mol. The Kier molecular flexibility index (Phi) is 4.58. The number of aromatic nitrogens is 1. The number of nitrogens with one attached hydrogen (secondary N) is 2. The number of hydrogen-bond acceptors (Lipinski definition) is 5. The zero-order valence-electron chi connectivity index (χ0n) is 14.6. The minimum atomic E-state index is -0.493. The van der Waals surface area contributed by atoms with Crippen LogP contribution in [0, 0.1) is 11.8 Å². The van der Waals surface area contributed by atoms with Crippen molar-refractivity contribution in [3.05, 3.63) is 30.1 Å². The SMILES string of the molecule is O=C(CN1C(=O)CNC1=O)N[C@H]1CN(Cc2ccccn2)C[C@@H]1C1CC1. The van der Waals surface area contributed by atoms with Crippen molar-refractivity contribution >= 4 is 17.8 Å². The molecule has 2 saturated heterocycles. The lowest BCUT2D eigenvalue weighted by molar-refractivity contribution is -0.131. The smallest absolute Gasteiger partial charge is 0.325 e. The van der Waals surface area contributed by atoms with Crippen molar-refractivity contribution in [1.29, 1.82) is 0 Å². The summed E-state index contributed by atoms with van der Waals surface area (Å²) in [4.78, 5) is 43.3. The van der Waals surface area contributed by atoms with Crippen molar-refractivity contribution in [3.8, 4) is 0 Å². The molecule has 138 valence electrons. The van der Waals surface area contributed by atoms with Crippen LogP contribution in [0.5, 0.6) is 0 Å². The third-order valence-electron chi connectivity index (χ3n) is 5.37. The molecule has 8 nitrogen and oxygen atoms in total. The van der Waals surface area contributed by atoms with Crippen LogP contribution in [0.25, 0.3) is 0 Å². The van der Waals surface area contributed by atoms with E-state index in [9.17, 15) is 14.4 Å². The minimum absolute atomic E-state index is 0.0297. The molecule has 1 aromatic heterocycles. The first kappa shape index (κ1) is 17.0. The number of hydrogen-bond donors (Lipinski definition) is 2. The lowest BCUT2D eigenvalue weighted by Gasteiger charge is -2.21. The topological polar surface area (TPSA) is 94.6 Å². The molecule has 3 heterocycles. The summed E-state index contributed by atoms with van der Waals surface area (Å²) >= 11 is 0. The Morgan fingerprint density at radius 1 is 1.27 bits per heavy atom. The average molecular weight is 357 g/mol. The van der Waals surface area contributed by atoms with Gasteiger partial charge >= 0.3 is 6.03 Å². The number of pyridine rings is 1. The Hall–Kier alpha value is -2.48. The maximum Gasteiger partial charge on any atom is 0.325 e. The van der Waals surface area contributed by atoms with Crippen LogP contribution in [0.3, 0.4) is 0 Å². The largest absolute Gasteiger partial charge is 0.350 e. The van der Waals surface area contributed by atoms with Gasteiger partial charge in [-0.25, -0.2) is 4.79 Å². The summed E-state index contributed by atoms with van der Waals surface area (Å²) < 4.78 is 0. The molecule has 3 fully saturated rings. The second-order valence-corrected chi connectivity index (χ2v) is 7.33. The van der Waals surface area contributed by atoms with Crippen molar-refractivity contribution in [2.75, 3.05) is 26.2 Å². The summed E-state index contributed by atoms with van der Waals surface area (Å²) in [5, 5.41) is 5.49. The highest BCUT2D eigenvalue weighted by molar-refractivity contribution is 6.04. The molecular formula is C18H23N5O3. The highest BCUT2D eigenvalue weighted by Crippen LogP contribution is 2.41. The van der Waals surface area contributed by atoms with Gasteiger partial charge in [0.15, 0.2) is 0 Å². The molecule has 1 aromatic rings. The van der Waals surface area contributed by atoms with Crippen molar-refractivity contribution in [1.82, 2.24) is 25.4 Å². The molecule has 4 amide bonds. The molecule has 2 N–H and O–H groups in total. The van der Waals surface area contributed by atoms with Crippen LogP contribution in [0.15, 0.2) is 24.4 Å². The zero-order chi connectivity index (χ0) is 18.1. The van der Waals surface area contributed by atoms with E-state index < -0.39 is 6.03 Å². The number of urea groups is 1. The van der Waals surface area contributed by atoms with Gasteiger partial charge in [-0.3, -0.25) is 24.4 Å². The van der Waals surface area contributed by atoms with E-state index in [4.69, 9.17) is 0 Å². The zero-order valence-corrected chi connectivity index (χ0v) is 14.6. The van der Waals surface area contributed by atoms with Gasteiger partial charge in [-0.15, -0.1) is 0 Å². The van der Waals surface area contributed by atoms with Crippen LogP contribution in [0.1, 0.15) is 18.5 Å². The van der Waals surface area contributed by atoms with E-state index in [2.05, 4.69) is 20.5 Å². The molecular weight excluding hydrogens is 334 g/mol. The quantitative estimate of drug-likeness (QED) is 0.697. The minimum Gasteiger partial charge on any atom is -0.350 e. The molecule has 0 aromatic carbocycles. The Morgan fingerprint density at radius 3 is 2.77 bits per heavy atom. The van der Waals surface area contributed by atoms with Gasteiger partial charge in [0.2, 0.25) is 5.91 Å². The van der Waals surface area contributed by atoms with Gasteiger partial charge in [-0.1, -0.05) is 6.07 Å². The highest BCUT2D eigenvalue weighted by Gasteiger charge is 2.43. The van der Waals surface area contributed by atoms with Gasteiger partial charge in [0, 0.05) is 31.9 Å². The van der Waals surface area contributed by atoms with E-state index in [1.165, 1.54) is 12.8 Å². The number of nitrogens with zero attached hydrogens (tertiary/aromatic N) is 3. The van der Waals surface area contributed by atoms with Crippen LogP contribution in [0.2, 0.25) is 0 Å². The molecule has 1 saturated carbocycles. The number of carbonyl (C=O) groups excluding carboxylic acids is 3. The van der Waals surface area contributed by atoms with E-state index in [0.29, 0.717) is 11.8 Å². The van der Waals surface area contributed by atoms with E-state index in [0.717, 1.165) is 30.2 Å². The van der Waals surface area contributed by atoms with Crippen LogP contribution in [-0.2, 0) is 16.1 Å². The molecule has 26 heavy (non-hydrogen) atoms. The van der Waals surface area contributed by atoms with Crippen molar-refractivity contribution < 1.29 is 14.4 Å². The summed E-state index contributed by atoms with van der Waals surface area (Å²) in [6, 6.07) is 5.45. The van der Waals surface area contributed by atoms with E-state index in [1.807, 2.05) is 18.2 Å². The number of amides is 4. The van der Waals surface area contributed by atoms with Crippen LogP contribution in [0.4, 0.5) is 4.79 Å². The normalized spacial score (nSPS) is 26.2.